The van der Waals surface area contributed by atoms with Crippen LogP contribution in [0, 0.1) is 18.6 Å². The lowest BCUT2D eigenvalue weighted by molar-refractivity contribution is 0.0923. The molecule has 0 unspecified atom stereocenters. The summed E-state index contributed by atoms with van der Waals surface area (Å²) in [5, 5.41) is 2.95. The van der Waals surface area contributed by atoms with Gasteiger partial charge >= 0.3 is 0 Å². The molecule has 0 spiro atoms. The van der Waals surface area contributed by atoms with Gasteiger partial charge in [-0.15, -0.1) is 11.6 Å². The molecule has 0 heterocycles. The number of benzene rings is 1. The molecule has 0 radical (unpaired) electrons. The van der Waals surface area contributed by atoms with E-state index in [-0.39, 0.29) is 22.5 Å². The van der Waals surface area contributed by atoms with Gasteiger partial charge in [-0.1, -0.05) is 0 Å². The summed E-state index contributed by atoms with van der Waals surface area (Å²) in [6.45, 7) is 1.50. The second-order valence-electron chi connectivity index (χ2n) is 5.00. The largest absolute Gasteiger partial charge is 0.349 e. The van der Waals surface area contributed by atoms with Crippen LogP contribution < -0.4 is 5.32 Å². The van der Waals surface area contributed by atoms with Gasteiger partial charge in [0.05, 0.1) is 5.56 Å². The van der Waals surface area contributed by atoms with E-state index in [1.807, 2.05) is 0 Å². The van der Waals surface area contributed by atoms with Crippen molar-refractivity contribution in [2.45, 2.75) is 44.0 Å². The maximum Gasteiger partial charge on any atom is 0.254 e. The van der Waals surface area contributed by atoms with Crippen LogP contribution in [-0.2, 0) is 0 Å². The van der Waals surface area contributed by atoms with Crippen LogP contribution in [0.15, 0.2) is 12.1 Å². The third-order valence-corrected chi connectivity index (χ3v) is 3.92. The summed E-state index contributed by atoms with van der Waals surface area (Å²) in [6.07, 6.45) is 3.28. The van der Waals surface area contributed by atoms with Crippen LogP contribution in [-0.4, -0.2) is 17.3 Å². The first-order valence-corrected chi connectivity index (χ1v) is 6.81. The highest BCUT2D eigenvalue weighted by Gasteiger charge is 2.23. The molecule has 1 aliphatic carbocycles. The van der Waals surface area contributed by atoms with Crippen molar-refractivity contribution in [3.05, 3.63) is 34.9 Å². The quantitative estimate of drug-likeness (QED) is 0.828. The van der Waals surface area contributed by atoms with Gasteiger partial charge < -0.3 is 5.32 Å². The summed E-state index contributed by atoms with van der Waals surface area (Å²) in [5.41, 5.74) is 0.155. The van der Waals surface area contributed by atoms with Gasteiger partial charge in [-0.25, -0.2) is 8.78 Å². The Balaban J connectivity index is 2.06. The van der Waals surface area contributed by atoms with Crippen molar-refractivity contribution < 1.29 is 13.6 Å². The van der Waals surface area contributed by atoms with Crippen molar-refractivity contribution in [2.24, 2.45) is 0 Å². The predicted octanol–water partition coefficient (Wildman–Crippen LogP) is 3.55. The fourth-order valence-electron chi connectivity index (χ4n) is 2.29. The Morgan fingerprint density at radius 2 is 1.84 bits per heavy atom. The molecule has 0 atom stereocenters. The Hall–Kier alpha value is -1.16. The Bertz CT molecular complexity index is 485. The van der Waals surface area contributed by atoms with E-state index in [2.05, 4.69) is 5.32 Å². The minimum atomic E-state index is -0.827. The van der Waals surface area contributed by atoms with E-state index < -0.39 is 17.5 Å². The Labute approximate surface area is 116 Å². The van der Waals surface area contributed by atoms with E-state index in [4.69, 9.17) is 11.6 Å². The summed E-state index contributed by atoms with van der Waals surface area (Å²) in [5.74, 6) is -1.96. The molecule has 1 saturated carbocycles. The molecule has 1 aromatic carbocycles. The molecular formula is C14H16ClF2NO. The molecular weight excluding hydrogens is 272 g/mol. The number of hydrogen-bond acceptors (Lipinski definition) is 1. The summed E-state index contributed by atoms with van der Waals surface area (Å²) in [4.78, 5) is 12.0. The van der Waals surface area contributed by atoms with Gasteiger partial charge in [0.1, 0.15) is 11.6 Å². The highest BCUT2D eigenvalue weighted by Crippen LogP contribution is 2.23. The number of rotatable bonds is 2. The second-order valence-corrected chi connectivity index (χ2v) is 5.62. The topological polar surface area (TPSA) is 29.1 Å². The van der Waals surface area contributed by atoms with Crippen LogP contribution in [0.2, 0.25) is 0 Å². The van der Waals surface area contributed by atoms with E-state index >= 15 is 0 Å². The molecule has 2 nitrogen and oxygen atoms in total. The molecule has 1 aliphatic rings. The molecule has 0 aliphatic heterocycles. The highest BCUT2D eigenvalue weighted by molar-refractivity contribution is 6.20. The lowest BCUT2D eigenvalue weighted by atomic mass is 9.94. The Morgan fingerprint density at radius 3 is 2.47 bits per heavy atom. The van der Waals surface area contributed by atoms with Crippen LogP contribution in [0.3, 0.4) is 0 Å². The number of carbonyl (C=O) groups excluding carboxylic acids is 1. The summed E-state index contributed by atoms with van der Waals surface area (Å²) in [6, 6.07) is 2.01. The standard InChI is InChI=1S/C14H16ClF2NO/c1-8-6-11(13(17)7-12(8)16)14(19)18-10-4-2-9(15)3-5-10/h6-7,9-10H,2-5H2,1H3,(H,18,19). The normalized spacial score (nSPS) is 23.2. The van der Waals surface area contributed by atoms with Crippen LogP contribution in [0.25, 0.3) is 0 Å². The average molecular weight is 288 g/mol. The number of alkyl halides is 1. The van der Waals surface area contributed by atoms with E-state index in [9.17, 15) is 13.6 Å². The maximum atomic E-state index is 13.6. The first-order valence-electron chi connectivity index (χ1n) is 6.38. The zero-order chi connectivity index (χ0) is 14.0. The molecule has 5 heteroatoms. The molecule has 1 fully saturated rings. The smallest absolute Gasteiger partial charge is 0.254 e. The van der Waals surface area contributed by atoms with E-state index in [1.165, 1.54) is 13.0 Å². The molecule has 1 N–H and O–H groups in total. The fourth-order valence-corrected chi connectivity index (χ4v) is 2.54. The minimum Gasteiger partial charge on any atom is -0.349 e. The van der Waals surface area contributed by atoms with Gasteiger partial charge in [0.2, 0.25) is 0 Å². The zero-order valence-corrected chi connectivity index (χ0v) is 11.4. The van der Waals surface area contributed by atoms with Gasteiger partial charge in [0, 0.05) is 17.5 Å². The monoisotopic (exact) mass is 287 g/mol. The fraction of sp³-hybridized carbons (Fsp3) is 0.500. The molecule has 0 bridgehead atoms. The van der Waals surface area contributed by atoms with Gasteiger partial charge in [-0.3, -0.25) is 4.79 Å². The zero-order valence-electron chi connectivity index (χ0n) is 10.7. The van der Waals surface area contributed by atoms with Crippen molar-refractivity contribution in [1.82, 2.24) is 5.32 Å². The average Bonchev–Trinajstić information content (AvgIpc) is 2.36. The minimum absolute atomic E-state index is 0.0206. The van der Waals surface area contributed by atoms with Crippen molar-refractivity contribution >= 4 is 17.5 Å². The SMILES string of the molecule is Cc1cc(C(=O)NC2CCC(Cl)CC2)c(F)cc1F. The van der Waals surface area contributed by atoms with Crippen molar-refractivity contribution in [1.29, 1.82) is 0 Å². The first-order chi connectivity index (χ1) is 8.97. The Kier molecular flexibility index (Phi) is 4.40. The Morgan fingerprint density at radius 1 is 1.21 bits per heavy atom. The molecule has 0 saturated heterocycles. The van der Waals surface area contributed by atoms with Gasteiger partial charge in [0.25, 0.3) is 5.91 Å². The van der Waals surface area contributed by atoms with Crippen molar-refractivity contribution in [3.8, 4) is 0 Å². The molecule has 1 aromatic rings. The molecule has 104 valence electrons. The number of hydrogen-bond donors (Lipinski definition) is 1. The number of carbonyl (C=O) groups is 1. The molecule has 0 aromatic heterocycles. The molecule has 2 rings (SSSR count). The van der Waals surface area contributed by atoms with E-state index in [0.29, 0.717) is 0 Å². The number of aryl methyl sites for hydroxylation is 1. The van der Waals surface area contributed by atoms with Crippen LogP contribution in [0.1, 0.15) is 41.6 Å². The van der Waals surface area contributed by atoms with Crippen LogP contribution in [0.5, 0.6) is 0 Å². The number of halogens is 3. The maximum absolute atomic E-state index is 13.6. The van der Waals surface area contributed by atoms with E-state index in [0.717, 1.165) is 31.7 Å². The van der Waals surface area contributed by atoms with Crippen molar-refractivity contribution in [2.75, 3.05) is 0 Å². The molecule has 1 amide bonds. The van der Waals surface area contributed by atoms with E-state index in [1.54, 1.807) is 0 Å². The highest BCUT2D eigenvalue weighted by atomic mass is 35.5. The second kappa shape index (κ2) is 5.87. The first kappa shape index (κ1) is 14.3. The lowest BCUT2D eigenvalue weighted by Gasteiger charge is -2.25. The third kappa shape index (κ3) is 3.44. The lowest BCUT2D eigenvalue weighted by Crippen LogP contribution is -2.38. The van der Waals surface area contributed by atoms with Crippen LogP contribution in [0.4, 0.5) is 8.78 Å². The number of nitrogens with one attached hydrogen (secondary N) is 1. The van der Waals surface area contributed by atoms with Crippen LogP contribution >= 0.6 is 11.6 Å². The summed E-state index contributed by atoms with van der Waals surface area (Å²) in [7, 11) is 0. The van der Waals surface area contributed by atoms with Gasteiger partial charge in [-0.2, -0.15) is 0 Å². The predicted molar refractivity (Wildman–Crippen MR) is 70.5 cm³/mol. The number of amides is 1. The molecule has 19 heavy (non-hydrogen) atoms. The van der Waals surface area contributed by atoms with Crippen molar-refractivity contribution in [3.63, 3.8) is 0 Å². The summed E-state index contributed by atoms with van der Waals surface area (Å²) >= 11 is 5.98. The third-order valence-electron chi connectivity index (χ3n) is 3.48. The summed E-state index contributed by atoms with van der Waals surface area (Å²) < 4.78 is 26.7. The van der Waals surface area contributed by atoms with Gasteiger partial charge in [-0.05, 0) is 44.2 Å². The van der Waals surface area contributed by atoms with Gasteiger partial charge in [0.15, 0.2) is 0 Å².